The molecule has 6 heteroatoms. The number of halogens is 1. The van der Waals surface area contributed by atoms with Gasteiger partial charge in [0.2, 0.25) is 0 Å². The van der Waals surface area contributed by atoms with Crippen LogP contribution >= 0.6 is 0 Å². The molecule has 0 radical (unpaired) electrons. The molecular formula is C25H24FN3O2. The zero-order valence-electron chi connectivity index (χ0n) is 17.5. The molecular weight excluding hydrogens is 393 g/mol. The van der Waals surface area contributed by atoms with Crippen LogP contribution in [0.2, 0.25) is 0 Å². The van der Waals surface area contributed by atoms with E-state index in [1.165, 1.54) is 12.1 Å². The van der Waals surface area contributed by atoms with E-state index in [0.29, 0.717) is 17.8 Å². The van der Waals surface area contributed by atoms with Crippen LogP contribution in [0.15, 0.2) is 72.8 Å². The van der Waals surface area contributed by atoms with E-state index in [-0.39, 0.29) is 11.7 Å². The van der Waals surface area contributed by atoms with E-state index in [4.69, 9.17) is 0 Å². The Morgan fingerprint density at radius 3 is 2.48 bits per heavy atom. The fourth-order valence-electron chi connectivity index (χ4n) is 3.82. The zero-order chi connectivity index (χ0) is 22.0. The van der Waals surface area contributed by atoms with E-state index in [0.717, 1.165) is 23.2 Å². The van der Waals surface area contributed by atoms with Gasteiger partial charge in [-0.15, -0.1) is 0 Å². The van der Waals surface area contributed by atoms with Crippen molar-refractivity contribution in [2.75, 3.05) is 16.8 Å². The van der Waals surface area contributed by atoms with Gasteiger partial charge in [0.1, 0.15) is 5.82 Å². The minimum atomic E-state index is -0.704. The smallest absolute Gasteiger partial charge is 0.319 e. The van der Waals surface area contributed by atoms with Crippen LogP contribution in [0.25, 0.3) is 0 Å². The van der Waals surface area contributed by atoms with E-state index in [9.17, 15) is 14.0 Å². The molecule has 0 saturated heterocycles. The van der Waals surface area contributed by atoms with Crippen LogP contribution in [-0.2, 0) is 12.0 Å². The average Bonchev–Trinajstić information content (AvgIpc) is 3.17. The monoisotopic (exact) mass is 417 g/mol. The van der Waals surface area contributed by atoms with Gasteiger partial charge in [0.05, 0.1) is 5.54 Å². The Bertz CT molecular complexity index is 1130. The molecule has 1 aliphatic rings. The number of carbonyl (C=O) groups excluding carboxylic acids is 2. The third kappa shape index (κ3) is 4.43. The Hall–Kier alpha value is -3.67. The highest BCUT2D eigenvalue weighted by atomic mass is 19.1. The maximum Gasteiger partial charge on any atom is 0.319 e. The summed E-state index contributed by atoms with van der Waals surface area (Å²) in [5.41, 5.74) is 3.20. The molecule has 0 bridgehead atoms. The Morgan fingerprint density at radius 2 is 1.71 bits per heavy atom. The van der Waals surface area contributed by atoms with Crippen LogP contribution < -0.4 is 15.5 Å². The summed E-state index contributed by atoms with van der Waals surface area (Å²) in [4.78, 5) is 27.4. The van der Waals surface area contributed by atoms with Crippen LogP contribution in [-0.4, -0.2) is 18.5 Å². The second-order valence-corrected chi connectivity index (χ2v) is 8.13. The number of carbonyl (C=O) groups is 2. The molecule has 5 nitrogen and oxygen atoms in total. The third-order valence-electron chi connectivity index (χ3n) is 5.49. The molecule has 3 amide bonds. The van der Waals surface area contributed by atoms with Gasteiger partial charge in [-0.1, -0.05) is 36.4 Å². The largest absolute Gasteiger partial charge is 0.329 e. The average molecular weight is 417 g/mol. The molecule has 0 aromatic heterocycles. The molecule has 31 heavy (non-hydrogen) atoms. The normalized spacial score (nSPS) is 12.9. The van der Waals surface area contributed by atoms with Gasteiger partial charge in [0.15, 0.2) is 0 Å². The van der Waals surface area contributed by atoms with Gasteiger partial charge in [0.25, 0.3) is 5.91 Å². The predicted octanol–water partition coefficient (Wildman–Crippen LogP) is 5.09. The van der Waals surface area contributed by atoms with E-state index >= 15 is 0 Å². The molecule has 158 valence electrons. The summed E-state index contributed by atoms with van der Waals surface area (Å²) in [7, 11) is 0. The predicted molar refractivity (Wildman–Crippen MR) is 120 cm³/mol. The second-order valence-electron chi connectivity index (χ2n) is 8.13. The quantitative estimate of drug-likeness (QED) is 0.622. The molecule has 0 unspecified atom stereocenters. The lowest BCUT2D eigenvalue weighted by atomic mass is 9.94. The van der Waals surface area contributed by atoms with Crippen molar-refractivity contribution in [3.8, 4) is 0 Å². The summed E-state index contributed by atoms with van der Waals surface area (Å²) >= 11 is 0. The van der Waals surface area contributed by atoms with E-state index in [2.05, 4.69) is 10.6 Å². The SMILES string of the molecule is CC(C)(NC(=O)Nc1cccc(C(=O)N2CCc3ccccc32)c1)c1ccc(F)cc1. The Balaban J connectivity index is 1.45. The van der Waals surface area contributed by atoms with Crippen LogP contribution in [0.3, 0.4) is 0 Å². The number of amides is 3. The Kier molecular flexibility index (Phi) is 5.46. The van der Waals surface area contributed by atoms with Gasteiger partial charge in [-0.2, -0.15) is 0 Å². The highest BCUT2D eigenvalue weighted by molar-refractivity contribution is 6.08. The molecule has 3 aromatic carbocycles. The first kappa shape index (κ1) is 20.6. The minimum Gasteiger partial charge on any atom is -0.329 e. The first-order chi connectivity index (χ1) is 14.8. The molecule has 4 rings (SSSR count). The fraction of sp³-hybridized carbons (Fsp3) is 0.200. The van der Waals surface area contributed by atoms with Gasteiger partial charge in [0, 0.05) is 23.5 Å². The van der Waals surface area contributed by atoms with Crippen molar-refractivity contribution in [3.05, 3.63) is 95.3 Å². The number of hydrogen-bond acceptors (Lipinski definition) is 2. The van der Waals surface area contributed by atoms with Crippen LogP contribution in [0.1, 0.15) is 35.3 Å². The van der Waals surface area contributed by atoms with E-state index in [1.54, 1.807) is 41.3 Å². The molecule has 3 aromatic rings. The summed E-state index contributed by atoms with van der Waals surface area (Å²) in [5, 5.41) is 5.68. The van der Waals surface area contributed by atoms with Crippen molar-refractivity contribution in [1.82, 2.24) is 5.32 Å². The van der Waals surface area contributed by atoms with Crippen LogP contribution in [0, 0.1) is 5.82 Å². The molecule has 2 N–H and O–H groups in total. The Labute approximate surface area is 180 Å². The highest BCUT2D eigenvalue weighted by Gasteiger charge is 2.26. The Morgan fingerprint density at radius 1 is 0.968 bits per heavy atom. The lowest BCUT2D eigenvalue weighted by molar-refractivity contribution is 0.0989. The van der Waals surface area contributed by atoms with Gasteiger partial charge < -0.3 is 15.5 Å². The number of urea groups is 1. The molecule has 0 saturated carbocycles. The molecule has 1 heterocycles. The van der Waals surface area contributed by atoms with E-state index in [1.807, 2.05) is 38.1 Å². The molecule has 1 aliphatic heterocycles. The van der Waals surface area contributed by atoms with Crippen molar-refractivity contribution in [3.63, 3.8) is 0 Å². The number of fused-ring (bicyclic) bond motifs is 1. The second kappa shape index (κ2) is 8.22. The molecule has 0 atom stereocenters. The zero-order valence-corrected chi connectivity index (χ0v) is 17.5. The minimum absolute atomic E-state index is 0.0966. The number of hydrogen-bond donors (Lipinski definition) is 2. The van der Waals surface area contributed by atoms with Crippen molar-refractivity contribution >= 4 is 23.3 Å². The topological polar surface area (TPSA) is 61.4 Å². The number of para-hydroxylation sites is 1. The van der Waals surface area contributed by atoms with Gasteiger partial charge >= 0.3 is 6.03 Å². The number of benzene rings is 3. The summed E-state index contributed by atoms with van der Waals surface area (Å²) in [6, 6.07) is 20.4. The first-order valence-electron chi connectivity index (χ1n) is 10.2. The van der Waals surface area contributed by atoms with Crippen molar-refractivity contribution in [2.24, 2.45) is 0 Å². The lowest BCUT2D eigenvalue weighted by Crippen LogP contribution is -2.43. The summed E-state index contributed by atoms with van der Waals surface area (Å²) in [5.74, 6) is -0.424. The van der Waals surface area contributed by atoms with Gasteiger partial charge in [-0.3, -0.25) is 4.79 Å². The maximum atomic E-state index is 13.2. The summed E-state index contributed by atoms with van der Waals surface area (Å²) in [6.07, 6.45) is 0.834. The summed E-state index contributed by atoms with van der Waals surface area (Å²) in [6.45, 7) is 4.32. The highest BCUT2D eigenvalue weighted by Crippen LogP contribution is 2.29. The van der Waals surface area contributed by atoms with Crippen molar-refractivity contribution in [1.29, 1.82) is 0 Å². The number of nitrogens with zero attached hydrogens (tertiary/aromatic N) is 1. The van der Waals surface area contributed by atoms with Crippen LogP contribution in [0.4, 0.5) is 20.6 Å². The first-order valence-corrected chi connectivity index (χ1v) is 10.2. The van der Waals surface area contributed by atoms with E-state index < -0.39 is 11.6 Å². The number of anilines is 2. The standard InChI is InChI=1S/C25H24FN3O2/c1-25(2,19-10-12-20(26)13-11-19)28-24(31)27-21-8-5-7-18(16-21)23(30)29-15-14-17-6-3-4-9-22(17)29/h3-13,16H,14-15H2,1-2H3,(H2,27,28,31). The third-order valence-corrected chi connectivity index (χ3v) is 5.49. The van der Waals surface area contributed by atoms with Crippen molar-refractivity contribution < 1.29 is 14.0 Å². The molecule has 0 fully saturated rings. The number of nitrogens with one attached hydrogen (secondary N) is 2. The summed E-state index contributed by atoms with van der Waals surface area (Å²) < 4.78 is 13.2. The lowest BCUT2D eigenvalue weighted by Gasteiger charge is -2.27. The number of rotatable bonds is 4. The van der Waals surface area contributed by atoms with Gasteiger partial charge in [-0.05, 0) is 67.8 Å². The van der Waals surface area contributed by atoms with Crippen LogP contribution in [0.5, 0.6) is 0 Å². The van der Waals surface area contributed by atoms with Crippen molar-refractivity contribution in [2.45, 2.75) is 25.8 Å². The van der Waals surface area contributed by atoms with Gasteiger partial charge in [-0.25, -0.2) is 9.18 Å². The molecule has 0 spiro atoms. The maximum absolute atomic E-state index is 13.2. The fourth-order valence-corrected chi connectivity index (χ4v) is 3.82. The molecule has 0 aliphatic carbocycles.